The average Bonchev–Trinajstić information content (AvgIpc) is 2.54. The zero-order valence-electron chi connectivity index (χ0n) is 12.6. The molecule has 2 aromatic carbocycles. The molecule has 116 valence electrons. The van der Waals surface area contributed by atoms with E-state index in [9.17, 15) is 9.59 Å². The molecule has 0 spiro atoms. The van der Waals surface area contributed by atoms with Crippen LogP contribution < -0.4 is 15.0 Å². The van der Waals surface area contributed by atoms with Crippen LogP contribution in [-0.4, -0.2) is 23.0 Å². The van der Waals surface area contributed by atoms with Gasteiger partial charge in [0.2, 0.25) is 0 Å². The first kappa shape index (κ1) is 14.8. The molecule has 1 aromatic heterocycles. The highest BCUT2D eigenvalue weighted by Gasteiger charge is 2.08. The maximum Gasteiger partial charge on any atom is 0.308 e. The van der Waals surface area contributed by atoms with Crippen LogP contribution in [0.4, 0.5) is 0 Å². The first-order chi connectivity index (χ1) is 11.1. The van der Waals surface area contributed by atoms with Crippen LogP contribution in [0.1, 0.15) is 6.92 Å². The van der Waals surface area contributed by atoms with Crippen LogP contribution in [0, 0.1) is 0 Å². The van der Waals surface area contributed by atoms with Crippen LogP contribution in [0.25, 0.3) is 22.3 Å². The molecule has 0 radical (unpaired) electrons. The Bertz CT molecular complexity index is 947. The fourth-order valence-corrected chi connectivity index (χ4v) is 2.25. The molecule has 0 bridgehead atoms. The van der Waals surface area contributed by atoms with Gasteiger partial charge in [0.05, 0.1) is 18.0 Å². The van der Waals surface area contributed by atoms with Crippen LogP contribution in [0.5, 0.6) is 11.5 Å². The van der Waals surface area contributed by atoms with E-state index in [1.807, 2.05) is 0 Å². The first-order valence-electron chi connectivity index (χ1n) is 6.94. The summed E-state index contributed by atoms with van der Waals surface area (Å²) in [4.78, 5) is 30.5. The fourth-order valence-electron chi connectivity index (χ4n) is 2.25. The molecule has 23 heavy (non-hydrogen) atoms. The minimum Gasteiger partial charge on any atom is -0.497 e. The van der Waals surface area contributed by atoms with Crippen molar-refractivity contribution in [3.8, 4) is 22.9 Å². The van der Waals surface area contributed by atoms with Crippen molar-refractivity contribution in [2.75, 3.05) is 7.11 Å². The molecule has 3 aromatic rings. The Labute approximate surface area is 131 Å². The number of nitrogens with one attached hydrogen (secondary N) is 1. The topological polar surface area (TPSA) is 81.3 Å². The van der Waals surface area contributed by atoms with E-state index in [-0.39, 0.29) is 5.56 Å². The van der Waals surface area contributed by atoms with Gasteiger partial charge in [-0.15, -0.1) is 0 Å². The SMILES string of the molecule is COc1ccc2nc(-c3cccc(OC(C)=O)c3)[nH]c(=O)c2c1. The second-order valence-corrected chi connectivity index (χ2v) is 4.92. The van der Waals surface area contributed by atoms with Gasteiger partial charge in [-0.25, -0.2) is 4.98 Å². The van der Waals surface area contributed by atoms with Crippen molar-refractivity contribution < 1.29 is 14.3 Å². The molecule has 0 unspecified atom stereocenters. The highest BCUT2D eigenvalue weighted by Crippen LogP contribution is 2.23. The van der Waals surface area contributed by atoms with Crippen LogP contribution >= 0.6 is 0 Å². The number of rotatable bonds is 3. The zero-order chi connectivity index (χ0) is 16.4. The van der Waals surface area contributed by atoms with Gasteiger partial charge in [0.1, 0.15) is 17.3 Å². The number of carbonyl (C=O) groups excluding carboxylic acids is 1. The minimum absolute atomic E-state index is 0.262. The van der Waals surface area contributed by atoms with E-state index in [1.165, 1.54) is 14.0 Å². The number of aromatic amines is 1. The van der Waals surface area contributed by atoms with E-state index in [2.05, 4.69) is 9.97 Å². The maximum absolute atomic E-state index is 12.3. The number of benzene rings is 2. The Hall–Kier alpha value is -3.15. The van der Waals surface area contributed by atoms with Crippen LogP contribution in [0.3, 0.4) is 0 Å². The third-order valence-corrected chi connectivity index (χ3v) is 3.28. The molecule has 0 saturated heterocycles. The highest BCUT2D eigenvalue weighted by molar-refractivity contribution is 5.81. The van der Waals surface area contributed by atoms with Gasteiger partial charge < -0.3 is 14.5 Å². The molecule has 0 aliphatic carbocycles. The first-order valence-corrected chi connectivity index (χ1v) is 6.94. The monoisotopic (exact) mass is 310 g/mol. The number of hydrogen-bond acceptors (Lipinski definition) is 5. The van der Waals surface area contributed by atoms with E-state index in [4.69, 9.17) is 9.47 Å². The molecular formula is C17H14N2O4. The number of nitrogens with zero attached hydrogens (tertiary/aromatic N) is 1. The molecule has 0 amide bonds. The van der Waals surface area contributed by atoms with Crippen molar-refractivity contribution >= 4 is 16.9 Å². The van der Waals surface area contributed by atoms with Gasteiger partial charge in [0.25, 0.3) is 5.56 Å². The molecule has 6 nitrogen and oxygen atoms in total. The van der Waals surface area contributed by atoms with Gasteiger partial charge >= 0.3 is 5.97 Å². The van der Waals surface area contributed by atoms with Crippen molar-refractivity contribution in [1.82, 2.24) is 9.97 Å². The Balaban J connectivity index is 2.10. The molecule has 0 saturated carbocycles. The Morgan fingerprint density at radius 3 is 2.70 bits per heavy atom. The predicted octanol–water partition coefficient (Wildman–Crippen LogP) is 2.52. The molecule has 0 fully saturated rings. The van der Waals surface area contributed by atoms with E-state index in [1.54, 1.807) is 42.5 Å². The Kier molecular flexibility index (Phi) is 3.80. The summed E-state index contributed by atoms with van der Waals surface area (Å²) in [6.45, 7) is 1.33. The molecule has 0 aliphatic heterocycles. The van der Waals surface area contributed by atoms with Crippen molar-refractivity contribution in [3.05, 3.63) is 52.8 Å². The molecular weight excluding hydrogens is 296 g/mol. The molecule has 0 atom stereocenters. The van der Waals surface area contributed by atoms with E-state index < -0.39 is 5.97 Å². The second kappa shape index (κ2) is 5.92. The van der Waals surface area contributed by atoms with E-state index in [0.717, 1.165) is 0 Å². The van der Waals surface area contributed by atoms with Crippen LogP contribution in [0.15, 0.2) is 47.3 Å². The summed E-state index contributed by atoms with van der Waals surface area (Å²) in [5, 5.41) is 0.448. The molecule has 3 rings (SSSR count). The molecule has 6 heteroatoms. The van der Waals surface area contributed by atoms with Crippen LogP contribution in [0.2, 0.25) is 0 Å². The number of hydrogen-bond donors (Lipinski definition) is 1. The normalized spacial score (nSPS) is 10.5. The quantitative estimate of drug-likeness (QED) is 0.594. The van der Waals surface area contributed by atoms with E-state index >= 15 is 0 Å². The highest BCUT2D eigenvalue weighted by atomic mass is 16.5. The lowest BCUT2D eigenvalue weighted by Gasteiger charge is -2.06. The van der Waals surface area contributed by atoms with Gasteiger partial charge in [0.15, 0.2) is 0 Å². The van der Waals surface area contributed by atoms with Gasteiger partial charge in [0, 0.05) is 12.5 Å². The number of aromatic nitrogens is 2. The number of carbonyl (C=O) groups is 1. The number of H-pyrrole nitrogens is 1. The summed E-state index contributed by atoms with van der Waals surface area (Å²) in [6.07, 6.45) is 0. The summed E-state index contributed by atoms with van der Waals surface area (Å²) in [5.41, 5.74) is 0.947. The fraction of sp³-hybridized carbons (Fsp3) is 0.118. The third kappa shape index (κ3) is 3.06. The summed E-state index contributed by atoms with van der Waals surface area (Å²) < 4.78 is 10.2. The summed E-state index contributed by atoms with van der Waals surface area (Å²) in [7, 11) is 1.54. The Morgan fingerprint density at radius 1 is 1.13 bits per heavy atom. The summed E-state index contributed by atoms with van der Waals surface area (Å²) in [6, 6.07) is 11.9. The minimum atomic E-state index is -0.408. The second-order valence-electron chi connectivity index (χ2n) is 4.92. The largest absolute Gasteiger partial charge is 0.497 e. The third-order valence-electron chi connectivity index (χ3n) is 3.28. The molecule has 1 heterocycles. The maximum atomic E-state index is 12.3. The number of esters is 1. The standard InChI is InChI=1S/C17H14N2O4/c1-10(20)23-13-5-3-4-11(8-13)16-18-15-7-6-12(22-2)9-14(15)17(21)19-16/h3-9H,1-2H3,(H,18,19,21). The summed E-state index contributed by atoms with van der Waals surface area (Å²) >= 11 is 0. The smallest absolute Gasteiger partial charge is 0.308 e. The van der Waals surface area contributed by atoms with E-state index in [0.29, 0.717) is 33.8 Å². The molecule has 0 aliphatic rings. The van der Waals surface area contributed by atoms with Crippen molar-refractivity contribution in [1.29, 1.82) is 0 Å². The lowest BCUT2D eigenvalue weighted by molar-refractivity contribution is -0.131. The summed E-state index contributed by atoms with van der Waals surface area (Å²) in [5.74, 6) is 0.984. The van der Waals surface area contributed by atoms with Crippen molar-refractivity contribution in [3.63, 3.8) is 0 Å². The molecule has 1 N–H and O–H groups in total. The zero-order valence-corrected chi connectivity index (χ0v) is 12.6. The van der Waals surface area contributed by atoms with Gasteiger partial charge in [-0.1, -0.05) is 12.1 Å². The van der Waals surface area contributed by atoms with Gasteiger partial charge in [-0.3, -0.25) is 9.59 Å². The van der Waals surface area contributed by atoms with Crippen molar-refractivity contribution in [2.24, 2.45) is 0 Å². The van der Waals surface area contributed by atoms with Gasteiger partial charge in [-0.2, -0.15) is 0 Å². The predicted molar refractivity (Wildman–Crippen MR) is 85.7 cm³/mol. The van der Waals surface area contributed by atoms with Crippen molar-refractivity contribution in [2.45, 2.75) is 6.92 Å². The van der Waals surface area contributed by atoms with Crippen LogP contribution in [-0.2, 0) is 4.79 Å². The lowest BCUT2D eigenvalue weighted by atomic mass is 10.2. The lowest BCUT2D eigenvalue weighted by Crippen LogP contribution is -2.10. The van der Waals surface area contributed by atoms with Gasteiger partial charge in [-0.05, 0) is 30.3 Å². The number of ether oxygens (including phenoxy) is 2. The average molecular weight is 310 g/mol. The number of fused-ring (bicyclic) bond motifs is 1. The number of methoxy groups -OCH3 is 1. The Morgan fingerprint density at radius 2 is 1.96 bits per heavy atom.